The lowest BCUT2D eigenvalue weighted by Crippen LogP contribution is -2.54. The normalized spacial score (nSPS) is 21.5. The molecule has 3 atom stereocenters. The van der Waals surface area contributed by atoms with Crippen LogP contribution in [0.2, 0.25) is 0 Å². The van der Waals surface area contributed by atoms with Crippen LogP contribution in [0.25, 0.3) is 0 Å². The van der Waals surface area contributed by atoms with Gasteiger partial charge in [0.1, 0.15) is 6.61 Å². The third-order valence-corrected chi connectivity index (χ3v) is 7.42. The SMILES string of the molecule is C=CCOC(=O)N1c2cc(OCCCC(=O)O)c(OC)cc2CN2c3ccccc3C[C@H]2C1OC1CCCCO1. The van der Waals surface area contributed by atoms with Gasteiger partial charge in [0.05, 0.1) is 25.4 Å². The first-order valence-electron chi connectivity index (χ1n) is 13.7. The monoisotopic (exact) mass is 552 g/mol. The van der Waals surface area contributed by atoms with Crippen molar-refractivity contribution in [1.29, 1.82) is 0 Å². The van der Waals surface area contributed by atoms with Crippen LogP contribution in [0.4, 0.5) is 16.2 Å². The minimum Gasteiger partial charge on any atom is -0.493 e. The summed E-state index contributed by atoms with van der Waals surface area (Å²) in [6.07, 6.45) is 3.48. The number of hydrogen-bond donors (Lipinski definition) is 1. The van der Waals surface area contributed by atoms with Crippen LogP contribution in [-0.2, 0) is 32.0 Å². The van der Waals surface area contributed by atoms with Crippen LogP contribution in [0.3, 0.4) is 0 Å². The largest absolute Gasteiger partial charge is 0.493 e. The second kappa shape index (κ2) is 12.6. The van der Waals surface area contributed by atoms with Crippen molar-refractivity contribution in [1.82, 2.24) is 0 Å². The van der Waals surface area contributed by atoms with Crippen LogP contribution in [0.5, 0.6) is 11.5 Å². The fourth-order valence-electron chi connectivity index (χ4n) is 5.58. The number of carboxylic acids is 1. The summed E-state index contributed by atoms with van der Waals surface area (Å²) in [7, 11) is 1.55. The van der Waals surface area contributed by atoms with Gasteiger partial charge < -0.3 is 33.7 Å². The Hall–Kier alpha value is -3.76. The topological polar surface area (TPSA) is 107 Å². The van der Waals surface area contributed by atoms with Crippen LogP contribution >= 0.6 is 0 Å². The standard InChI is InChI=1S/C30H36N2O8/c1-3-13-39-30(35)32-23-18-26(37-15-8-11-27(33)34)25(36-2)17-21(23)19-31-22-10-5-4-9-20(22)16-24(31)29(32)40-28-12-6-7-14-38-28/h3-5,9-10,17-18,24,28-29H,1,6-8,11-16,19H2,2H3,(H,33,34)/t24-,28?,29?/m0/s1. The molecule has 3 aliphatic rings. The van der Waals surface area contributed by atoms with Gasteiger partial charge in [-0.2, -0.15) is 0 Å². The van der Waals surface area contributed by atoms with E-state index in [1.54, 1.807) is 18.1 Å². The Bertz CT molecular complexity index is 1230. The van der Waals surface area contributed by atoms with Crippen molar-refractivity contribution in [2.75, 3.05) is 36.7 Å². The minimum atomic E-state index is -0.889. The van der Waals surface area contributed by atoms with E-state index in [0.29, 0.717) is 43.2 Å². The third kappa shape index (κ3) is 5.88. The van der Waals surface area contributed by atoms with Crippen LogP contribution in [-0.4, -0.2) is 62.7 Å². The van der Waals surface area contributed by atoms with Crippen molar-refractivity contribution in [3.8, 4) is 11.5 Å². The molecule has 10 heteroatoms. The number of hydrogen-bond acceptors (Lipinski definition) is 8. The molecule has 3 aliphatic heterocycles. The Labute approximate surface area is 234 Å². The van der Waals surface area contributed by atoms with Crippen molar-refractivity contribution in [2.24, 2.45) is 0 Å². The number of methoxy groups -OCH3 is 1. The van der Waals surface area contributed by atoms with Gasteiger partial charge in [-0.25, -0.2) is 9.69 Å². The van der Waals surface area contributed by atoms with Crippen LogP contribution in [0.15, 0.2) is 49.1 Å². The quantitative estimate of drug-likeness (QED) is 0.326. The van der Waals surface area contributed by atoms with E-state index in [4.69, 9.17) is 28.8 Å². The molecular formula is C30H36N2O8. The molecule has 0 aliphatic carbocycles. The maximum atomic E-state index is 13.8. The molecule has 214 valence electrons. The highest BCUT2D eigenvalue weighted by atomic mass is 16.7. The maximum absolute atomic E-state index is 13.8. The molecule has 10 nitrogen and oxygen atoms in total. The van der Waals surface area contributed by atoms with Gasteiger partial charge in [0, 0.05) is 31.3 Å². The van der Waals surface area contributed by atoms with Crippen LogP contribution in [0.1, 0.15) is 43.2 Å². The van der Waals surface area contributed by atoms with E-state index in [-0.39, 0.29) is 25.7 Å². The summed E-state index contributed by atoms with van der Waals surface area (Å²) in [6.45, 7) is 5.02. The Morgan fingerprint density at radius 1 is 1.15 bits per heavy atom. The van der Waals surface area contributed by atoms with Gasteiger partial charge in [-0.15, -0.1) is 0 Å². The number of carboxylic acid groups (broad SMARTS) is 1. The molecule has 1 fully saturated rings. The number of aliphatic carboxylic acids is 1. The number of fused-ring (bicyclic) bond motifs is 4. The summed E-state index contributed by atoms with van der Waals surface area (Å²) < 4.78 is 29.8. The highest BCUT2D eigenvalue weighted by molar-refractivity contribution is 5.91. The van der Waals surface area contributed by atoms with Crippen molar-refractivity contribution >= 4 is 23.4 Å². The Morgan fingerprint density at radius 3 is 2.75 bits per heavy atom. The highest BCUT2D eigenvalue weighted by Gasteiger charge is 2.46. The number of nitrogens with zero attached hydrogens (tertiary/aromatic N) is 2. The van der Waals surface area contributed by atoms with Gasteiger partial charge >= 0.3 is 12.1 Å². The Morgan fingerprint density at radius 2 is 2.00 bits per heavy atom. The predicted octanol–water partition coefficient (Wildman–Crippen LogP) is 4.88. The summed E-state index contributed by atoms with van der Waals surface area (Å²) in [6, 6.07) is 11.7. The zero-order valence-electron chi connectivity index (χ0n) is 22.8. The lowest BCUT2D eigenvalue weighted by atomic mass is 10.1. The lowest BCUT2D eigenvalue weighted by molar-refractivity contribution is -0.190. The van der Waals surface area contributed by atoms with Gasteiger partial charge in [0.25, 0.3) is 0 Å². The molecule has 1 N–H and O–H groups in total. The smallest absolute Gasteiger partial charge is 0.416 e. The average Bonchev–Trinajstić information content (AvgIpc) is 3.27. The first-order chi connectivity index (χ1) is 19.5. The molecule has 3 heterocycles. The molecule has 0 spiro atoms. The van der Waals surface area contributed by atoms with E-state index in [1.165, 1.54) is 11.6 Å². The molecule has 40 heavy (non-hydrogen) atoms. The first kappa shape index (κ1) is 27.8. The fraction of sp³-hybridized carbons (Fsp3) is 0.467. The number of carbonyl (C=O) groups is 2. The van der Waals surface area contributed by atoms with Crippen LogP contribution in [0, 0.1) is 0 Å². The second-order valence-corrected chi connectivity index (χ2v) is 10.1. The molecule has 2 aromatic rings. The molecule has 1 amide bonds. The van der Waals surface area contributed by atoms with Gasteiger partial charge in [-0.05, 0) is 55.4 Å². The van der Waals surface area contributed by atoms with Gasteiger partial charge in [-0.3, -0.25) is 4.79 Å². The van der Waals surface area contributed by atoms with Crippen molar-refractivity contribution < 1.29 is 38.4 Å². The van der Waals surface area contributed by atoms with E-state index in [1.807, 2.05) is 18.2 Å². The molecule has 2 aromatic carbocycles. The fourth-order valence-corrected chi connectivity index (χ4v) is 5.58. The van der Waals surface area contributed by atoms with Crippen molar-refractivity contribution in [3.05, 3.63) is 60.2 Å². The van der Waals surface area contributed by atoms with E-state index >= 15 is 0 Å². The summed E-state index contributed by atoms with van der Waals surface area (Å²) in [5.74, 6) is 0.00945. The predicted molar refractivity (Wildman–Crippen MR) is 148 cm³/mol. The molecule has 5 rings (SSSR count). The molecule has 1 saturated heterocycles. The molecular weight excluding hydrogens is 516 g/mol. The Balaban J connectivity index is 1.59. The number of para-hydroxylation sites is 1. The zero-order valence-corrected chi connectivity index (χ0v) is 22.8. The van der Waals surface area contributed by atoms with Crippen molar-refractivity contribution in [3.63, 3.8) is 0 Å². The maximum Gasteiger partial charge on any atom is 0.416 e. The molecule has 2 unspecified atom stereocenters. The number of carbonyl (C=O) groups excluding carboxylic acids is 1. The van der Waals surface area contributed by atoms with Crippen LogP contribution < -0.4 is 19.3 Å². The summed E-state index contributed by atoms with van der Waals surface area (Å²) in [5.41, 5.74) is 3.68. The highest BCUT2D eigenvalue weighted by Crippen LogP contribution is 2.45. The summed E-state index contributed by atoms with van der Waals surface area (Å²) in [4.78, 5) is 28.6. The molecule has 0 bridgehead atoms. The first-order valence-corrected chi connectivity index (χ1v) is 13.7. The van der Waals surface area contributed by atoms with E-state index in [2.05, 4.69) is 23.6 Å². The summed E-state index contributed by atoms with van der Waals surface area (Å²) in [5, 5.41) is 9.01. The van der Waals surface area contributed by atoms with Gasteiger partial charge in [0.15, 0.2) is 24.0 Å². The van der Waals surface area contributed by atoms with Gasteiger partial charge in [-0.1, -0.05) is 30.9 Å². The number of benzene rings is 2. The summed E-state index contributed by atoms with van der Waals surface area (Å²) >= 11 is 0. The van der Waals surface area contributed by atoms with E-state index < -0.39 is 24.6 Å². The minimum absolute atomic E-state index is 0.0133. The molecule has 0 aromatic heterocycles. The molecule has 0 radical (unpaired) electrons. The number of anilines is 2. The zero-order chi connectivity index (χ0) is 28.1. The Kier molecular flexibility index (Phi) is 8.76. The second-order valence-electron chi connectivity index (χ2n) is 10.1. The number of rotatable bonds is 10. The molecule has 0 saturated carbocycles. The average molecular weight is 553 g/mol. The third-order valence-electron chi connectivity index (χ3n) is 7.42. The number of amides is 1. The lowest BCUT2D eigenvalue weighted by Gasteiger charge is -2.38. The van der Waals surface area contributed by atoms with E-state index in [9.17, 15) is 9.59 Å². The number of ether oxygens (including phenoxy) is 5. The van der Waals surface area contributed by atoms with Gasteiger partial charge in [0.2, 0.25) is 0 Å². The van der Waals surface area contributed by atoms with Crippen molar-refractivity contribution in [2.45, 2.75) is 63.6 Å². The van der Waals surface area contributed by atoms with E-state index in [0.717, 1.165) is 30.5 Å².